The van der Waals surface area contributed by atoms with Crippen LogP contribution in [0.15, 0.2) is 42.5 Å². The van der Waals surface area contributed by atoms with Crippen LogP contribution in [0.2, 0.25) is 0 Å². The van der Waals surface area contributed by atoms with E-state index in [0.717, 1.165) is 5.56 Å². The molecular weight excluding hydrogens is 306 g/mol. The maximum atomic E-state index is 13.1. The van der Waals surface area contributed by atoms with E-state index in [1.54, 1.807) is 6.92 Å². The van der Waals surface area contributed by atoms with Gasteiger partial charge in [-0.05, 0) is 19.4 Å². The molecule has 2 fully saturated rings. The van der Waals surface area contributed by atoms with Crippen LogP contribution in [0.4, 0.5) is 0 Å². The molecule has 3 aliphatic heterocycles. The molecule has 5 atom stereocenters. The number of rotatable bonds is 4. The van der Waals surface area contributed by atoms with Crippen molar-refractivity contribution in [2.75, 3.05) is 13.2 Å². The second kappa shape index (κ2) is 5.45. The highest BCUT2D eigenvalue weighted by Gasteiger charge is 2.67. The summed E-state index contributed by atoms with van der Waals surface area (Å²) in [5.74, 6) is -1.36. The summed E-state index contributed by atoms with van der Waals surface area (Å²) in [6.45, 7) is 4.58. The number of hydrogen-bond donors (Lipinski definition) is 0. The van der Waals surface area contributed by atoms with E-state index in [0.29, 0.717) is 13.2 Å². The first-order valence-electron chi connectivity index (χ1n) is 8.46. The van der Waals surface area contributed by atoms with Crippen LogP contribution >= 0.6 is 0 Å². The Balaban J connectivity index is 1.64. The van der Waals surface area contributed by atoms with Crippen LogP contribution in [-0.2, 0) is 19.1 Å². The average molecular weight is 327 g/mol. The van der Waals surface area contributed by atoms with Crippen molar-refractivity contribution in [2.24, 2.45) is 11.8 Å². The van der Waals surface area contributed by atoms with Gasteiger partial charge in [0.2, 0.25) is 5.91 Å². The number of amides is 1. The van der Waals surface area contributed by atoms with E-state index in [9.17, 15) is 9.59 Å². The fourth-order valence-corrected chi connectivity index (χ4v) is 4.27. The number of ether oxygens (including phenoxy) is 2. The van der Waals surface area contributed by atoms with Crippen LogP contribution in [0.1, 0.15) is 25.5 Å². The Morgan fingerprint density at radius 1 is 1.42 bits per heavy atom. The van der Waals surface area contributed by atoms with E-state index >= 15 is 0 Å². The van der Waals surface area contributed by atoms with E-state index in [4.69, 9.17) is 9.47 Å². The lowest BCUT2D eigenvalue weighted by Crippen LogP contribution is -2.40. The minimum absolute atomic E-state index is 0.0174. The molecule has 2 bridgehead atoms. The van der Waals surface area contributed by atoms with Gasteiger partial charge < -0.3 is 14.4 Å². The Kier molecular flexibility index (Phi) is 3.49. The minimum atomic E-state index is -0.678. The Labute approximate surface area is 141 Å². The van der Waals surface area contributed by atoms with Gasteiger partial charge in [-0.2, -0.15) is 0 Å². The second-order valence-electron chi connectivity index (χ2n) is 6.70. The summed E-state index contributed by atoms with van der Waals surface area (Å²) in [6.07, 6.45) is 3.53. The molecule has 5 heteroatoms. The number of esters is 1. The first kappa shape index (κ1) is 15.4. The summed E-state index contributed by atoms with van der Waals surface area (Å²) in [7, 11) is 0. The molecule has 1 amide bonds. The highest BCUT2D eigenvalue weighted by Crippen LogP contribution is 2.53. The maximum Gasteiger partial charge on any atom is 0.312 e. The number of carbonyl (C=O) groups is 2. The fraction of sp³-hybridized carbons (Fsp3) is 0.474. The largest absolute Gasteiger partial charge is 0.466 e. The lowest BCUT2D eigenvalue weighted by Gasteiger charge is -2.27. The second-order valence-corrected chi connectivity index (χ2v) is 6.70. The summed E-state index contributed by atoms with van der Waals surface area (Å²) >= 11 is 0. The topological polar surface area (TPSA) is 55.8 Å². The van der Waals surface area contributed by atoms with E-state index < -0.39 is 17.4 Å². The molecule has 5 nitrogen and oxygen atoms in total. The third-order valence-corrected chi connectivity index (χ3v) is 5.44. The van der Waals surface area contributed by atoms with Crippen molar-refractivity contribution >= 4 is 11.9 Å². The van der Waals surface area contributed by atoms with Crippen LogP contribution in [0.25, 0.3) is 0 Å². The van der Waals surface area contributed by atoms with Gasteiger partial charge in [-0.25, -0.2) is 0 Å². The van der Waals surface area contributed by atoms with E-state index in [1.165, 1.54) is 0 Å². The van der Waals surface area contributed by atoms with Gasteiger partial charge in [0.25, 0.3) is 0 Å². The number of likely N-dealkylation sites (tertiary alicyclic amines) is 1. The molecule has 1 aromatic carbocycles. The zero-order valence-electron chi connectivity index (χ0n) is 13.8. The number of benzene rings is 1. The van der Waals surface area contributed by atoms with E-state index in [-0.39, 0.29) is 24.0 Å². The highest BCUT2D eigenvalue weighted by molar-refractivity contribution is 5.91. The zero-order chi connectivity index (χ0) is 16.9. The molecule has 0 aliphatic carbocycles. The average Bonchev–Trinajstić information content (AvgIpc) is 3.23. The number of carbonyl (C=O) groups excluding carboxylic acids is 2. The van der Waals surface area contributed by atoms with Gasteiger partial charge >= 0.3 is 5.97 Å². The van der Waals surface area contributed by atoms with Gasteiger partial charge in [0.05, 0.1) is 31.2 Å². The molecule has 126 valence electrons. The van der Waals surface area contributed by atoms with Crippen molar-refractivity contribution in [3.8, 4) is 0 Å². The number of hydrogen-bond acceptors (Lipinski definition) is 4. The fourth-order valence-electron chi connectivity index (χ4n) is 4.27. The first-order valence-corrected chi connectivity index (χ1v) is 8.46. The molecule has 4 rings (SSSR count). The Morgan fingerprint density at radius 2 is 2.17 bits per heavy atom. The van der Waals surface area contributed by atoms with Gasteiger partial charge in [-0.1, -0.05) is 42.5 Å². The zero-order valence-corrected chi connectivity index (χ0v) is 13.8. The molecule has 1 aromatic rings. The molecule has 3 aliphatic rings. The quantitative estimate of drug-likeness (QED) is 0.628. The van der Waals surface area contributed by atoms with Crippen molar-refractivity contribution in [3.63, 3.8) is 0 Å². The normalized spacial score (nSPS) is 34.5. The van der Waals surface area contributed by atoms with Crippen molar-refractivity contribution in [1.82, 2.24) is 4.90 Å². The summed E-state index contributed by atoms with van der Waals surface area (Å²) in [6, 6.07) is 9.86. The minimum Gasteiger partial charge on any atom is -0.466 e. The van der Waals surface area contributed by atoms with Crippen LogP contribution in [-0.4, -0.2) is 41.6 Å². The number of fused-ring (bicyclic) bond motifs is 1. The van der Waals surface area contributed by atoms with Crippen molar-refractivity contribution in [1.29, 1.82) is 0 Å². The Morgan fingerprint density at radius 3 is 2.88 bits per heavy atom. The Hall–Kier alpha value is -2.14. The van der Waals surface area contributed by atoms with Crippen molar-refractivity contribution in [3.05, 3.63) is 48.0 Å². The third-order valence-electron chi connectivity index (χ3n) is 5.44. The molecule has 2 saturated heterocycles. The smallest absolute Gasteiger partial charge is 0.312 e. The van der Waals surface area contributed by atoms with Crippen LogP contribution in [0.3, 0.4) is 0 Å². The van der Waals surface area contributed by atoms with Crippen molar-refractivity contribution < 1.29 is 19.1 Å². The molecular formula is C19H21NO4. The third kappa shape index (κ3) is 2.04. The van der Waals surface area contributed by atoms with Gasteiger partial charge in [0.1, 0.15) is 11.5 Å². The molecule has 0 radical (unpaired) electrons. The lowest BCUT2D eigenvalue weighted by atomic mass is 9.77. The summed E-state index contributed by atoms with van der Waals surface area (Å²) in [4.78, 5) is 27.3. The summed E-state index contributed by atoms with van der Waals surface area (Å²) in [5, 5.41) is 0. The monoisotopic (exact) mass is 327 g/mol. The predicted molar refractivity (Wildman–Crippen MR) is 86.9 cm³/mol. The molecule has 0 aromatic heterocycles. The van der Waals surface area contributed by atoms with Crippen molar-refractivity contribution in [2.45, 2.75) is 31.6 Å². The molecule has 24 heavy (non-hydrogen) atoms. The maximum absolute atomic E-state index is 13.1. The summed E-state index contributed by atoms with van der Waals surface area (Å²) in [5.41, 5.74) is 0.399. The summed E-state index contributed by atoms with van der Waals surface area (Å²) < 4.78 is 11.3. The molecule has 0 saturated carbocycles. The van der Waals surface area contributed by atoms with Gasteiger partial charge in [0.15, 0.2) is 0 Å². The van der Waals surface area contributed by atoms with Gasteiger partial charge in [-0.15, -0.1) is 0 Å². The molecule has 3 unspecified atom stereocenters. The number of nitrogens with zero attached hydrogens (tertiary/aromatic N) is 1. The van der Waals surface area contributed by atoms with Crippen LogP contribution in [0.5, 0.6) is 0 Å². The SMILES string of the molecule is CCOC(=O)C1[C@H]2C=CC3(CN(C(C)c4ccccc4)C(=O)[C@@H]13)O2. The lowest BCUT2D eigenvalue weighted by molar-refractivity contribution is -0.153. The Bertz CT molecular complexity index is 701. The highest BCUT2D eigenvalue weighted by atomic mass is 16.6. The van der Waals surface area contributed by atoms with Gasteiger partial charge in [-0.3, -0.25) is 9.59 Å². The first-order chi connectivity index (χ1) is 11.6. The van der Waals surface area contributed by atoms with E-state index in [1.807, 2.05) is 54.3 Å². The van der Waals surface area contributed by atoms with Crippen LogP contribution < -0.4 is 0 Å². The van der Waals surface area contributed by atoms with Gasteiger partial charge in [0, 0.05) is 0 Å². The van der Waals surface area contributed by atoms with E-state index in [2.05, 4.69) is 0 Å². The molecule has 0 N–H and O–H groups in total. The standard InChI is InChI=1S/C19H21NO4/c1-3-23-18(22)15-14-9-10-19(24-14)11-20(17(21)16(15)19)12(2)13-7-5-4-6-8-13/h4-10,12,14-16H,3,11H2,1-2H3/t12?,14-,15?,16-,19?/m1/s1. The predicted octanol–water partition coefficient (Wildman–Crippen LogP) is 2.09. The molecule has 1 spiro atoms. The van der Waals surface area contributed by atoms with Crippen LogP contribution in [0, 0.1) is 11.8 Å². The molecule has 3 heterocycles.